The Kier molecular flexibility index (Phi) is 10.1. The molecule has 41 heavy (non-hydrogen) atoms. The molecule has 6 aliphatic rings. The van der Waals surface area contributed by atoms with Gasteiger partial charge in [-0.15, -0.1) is 4.52 Å². The number of hydrogen-bond donors (Lipinski definition) is 0. The van der Waals surface area contributed by atoms with E-state index in [1.165, 1.54) is 5.57 Å². The molecular weight excluding hydrogens is 579 g/mol. The second-order valence-corrected chi connectivity index (χ2v) is 18.9. The zero-order valence-electron chi connectivity index (χ0n) is 25.3. The summed E-state index contributed by atoms with van der Waals surface area (Å²) >= 11 is 0. The molecule has 6 rings (SSSR count). The molecule has 0 saturated carbocycles. The minimum Gasteiger partial charge on any atom is -0.239 e. The van der Waals surface area contributed by atoms with E-state index in [-0.39, 0.29) is 0 Å². The van der Waals surface area contributed by atoms with Crippen LogP contribution in [-0.4, -0.2) is 108 Å². The fourth-order valence-corrected chi connectivity index (χ4v) is 19.0. The van der Waals surface area contributed by atoms with Crippen LogP contribution < -0.4 is 0 Å². The van der Waals surface area contributed by atoms with E-state index in [9.17, 15) is 0 Å². The third-order valence-corrected chi connectivity index (χ3v) is 19.2. The molecule has 0 N–H and O–H groups in total. The summed E-state index contributed by atoms with van der Waals surface area (Å²) in [5.74, 6) is 0. The van der Waals surface area contributed by atoms with E-state index in [2.05, 4.69) is 68.2 Å². The minimum atomic E-state index is -3.20. The molecule has 5 heterocycles. The van der Waals surface area contributed by atoms with Gasteiger partial charge in [-0.05, 0) is 44.9 Å². The highest BCUT2D eigenvalue weighted by molar-refractivity contribution is 7.80. The smallest absolute Gasteiger partial charge is 0.239 e. The number of hydrogen-bond acceptors (Lipinski definition) is 12. The summed E-state index contributed by atoms with van der Waals surface area (Å²) < 4.78 is 45.7. The third-order valence-electron chi connectivity index (χ3n) is 8.64. The van der Waals surface area contributed by atoms with Crippen LogP contribution in [0.5, 0.6) is 0 Å². The van der Waals surface area contributed by atoms with Crippen molar-refractivity contribution in [3.8, 4) is 0 Å². The average molecular weight is 630 g/mol. The van der Waals surface area contributed by atoms with Crippen molar-refractivity contribution >= 4 is 22.7 Å². The molecule has 5 aliphatic heterocycles. The highest BCUT2D eigenvalue weighted by Crippen LogP contribution is 2.83. The molecule has 0 radical (unpaired) electrons. The van der Waals surface area contributed by atoms with E-state index in [0.717, 1.165) is 123 Å². The first-order valence-electron chi connectivity index (χ1n) is 15.9. The summed E-state index contributed by atoms with van der Waals surface area (Å²) in [6.07, 6.45) is 14.4. The zero-order valence-corrected chi connectivity index (χ0v) is 27.9. The molecular formula is C26H50N9O3P3. The molecule has 1 aliphatic carbocycles. The first kappa shape index (κ1) is 30.8. The normalized spacial score (nSPS) is 33.2. The van der Waals surface area contributed by atoms with Crippen LogP contribution in [0.15, 0.2) is 37.3 Å². The Labute approximate surface area is 247 Å². The van der Waals surface area contributed by atoms with Crippen molar-refractivity contribution in [1.29, 1.82) is 0 Å². The van der Waals surface area contributed by atoms with Crippen LogP contribution in [0.1, 0.15) is 65.7 Å². The number of nitrogens with zero attached hydrogens (tertiary/aromatic N) is 9. The summed E-state index contributed by atoms with van der Waals surface area (Å²) in [7, 11) is -8.79. The minimum absolute atomic E-state index is 0.791. The Balaban J connectivity index is 1.57. The monoisotopic (exact) mass is 629 g/mol. The Morgan fingerprint density at radius 2 is 1.27 bits per heavy atom. The fraction of sp³-hybridized carbons (Fsp3) is 0.846. The van der Waals surface area contributed by atoms with Gasteiger partial charge in [0.1, 0.15) is 0 Å². The second-order valence-electron chi connectivity index (χ2n) is 11.5. The lowest BCUT2D eigenvalue weighted by molar-refractivity contribution is -0.0935. The van der Waals surface area contributed by atoms with Crippen molar-refractivity contribution in [3.05, 3.63) is 23.8 Å². The highest BCUT2D eigenvalue weighted by atomic mass is 31.3. The summed E-state index contributed by atoms with van der Waals surface area (Å²) in [6.45, 7) is 17.1. The van der Waals surface area contributed by atoms with Crippen LogP contribution in [0.25, 0.3) is 0 Å². The summed E-state index contributed by atoms with van der Waals surface area (Å²) in [5, 5.41) is 6.28. The molecule has 4 saturated heterocycles. The average Bonchev–Trinajstić information content (AvgIpc) is 3.79. The van der Waals surface area contributed by atoms with Gasteiger partial charge in [0, 0.05) is 78.5 Å². The van der Waals surface area contributed by atoms with E-state index in [1.54, 1.807) is 0 Å². The van der Waals surface area contributed by atoms with Gasteiger partial charge in [0.2, 0.25) is 7.51 Å². The largest absolute Gasteiger partial charge is 0.380 e. The first-order valence-corrected chi connectivity index (χ1v) is 20.6. The van der Waals surface area contributed by atoms with Gasteiger partial charge >= 0.3 is 15.2 Å². The van der Waals surface area contributed by atoms with Gasteiger partial charge in [0.25, 0.3) is 0 Å². The van der Waals surface area contributed by atoms with Crippen LogP contribution in [0, 0.1) is 0 Å². The third kappa shape index (κ3) is 6.47. The van der Waals surface area contributed by atoms with Gasteiger partial charge < -0.3 is 0 Å². The molecule has 2 unspecified atom stereocenters. The Morgan fingerprint density at radius 1 is 0.707 bits per heavy atom. The standard InChI is InChI=1S/C26H50N9O3P3/c1-4-33(5-2)40(36-30-17-9-10-18-30)27-39(34(6-3)23-24-35(39)25-26-15-7-8-16-26)28-41(29-40,37-31-19-11-12-20-31)38-32-21-13-14-22-32/h7-8,15H,4-6,9-14,16-25H2,1-3H3. The lowest BCUT2D eigenvalue weighted by Crippen LogP contribution is -2.30. The molecule has 0 aromatic rings. The Morgan fingerprint density at radius 3 is 1.78 bits per heavy atom. The molecule has 4 fully saturated rings. The Hall–Kier alpha value is -0.190. The number of rotatable bonds is 12. The van der Waals surface area contributed by atoms with Crippen molar-refractivity contribution in [3.63, 3.8) is 0 Å². The first-order chi connectivity index (χ1) is 20.0. The maximum absolute atomic E-state index is 7.12. The molecule has 0 bridgehead atoms. The lowest BCUT2D eigenvalue weighted by atomic mass is 10.2. The van der Waals surface area contributed by atoms with E-state index >= 15 is 0 Å². The van der Waals surface area contributed by atoms with Gasteiger partial charge in [-0.2, -0.15) is 24.2 Å². The van der Waals surface area contributed by atoms with Crippen molar-refractivity contribution < 1.29 is 13.9 Å². The predicted molar refractivity (Wildman–Crippen MR) is 167 cm³/mol. The van der Waals surface area contributed by atoms with Crippen LogP contribution in [0.2, 0.25) is 0 Å². The summed E-state index contributed by atoms with van der Waals surface area (Å²) in [5.41, 5.74) is 1.41. The van der Waals surface area contributed by atoms with E-state index < -0.39 is 22.7 Å². The maximum atomic E-state index is 7.12. The van der Waals surface area contributed by atoms with E-state index in [4.69, 9.17) is 27.4 Å². The number of allylic oxidation sites excluding steroid dienone is 3. The zero-order chi connectivity index (χ0) is 28.3. The second kappa shape index (κ2) is 13.4. The molecule has 12 nitrogen and oxygen atoms in total. The van der Waals surface area contributed by atoms with Gasteiger partial charge in [-0.25, -0.2) is 27.9 Å². The van der Waals surface area contributed by atoms with Crippen molar-refractivity contribution in [2.45, 2.75) is 65.7 Å². The van der Waals surface area contributed by atoms with Crippen LogP contribution in [-0.2, 0) is 13.9 Å². The van der Waals surface area contributed by atoms with Crippen molar-refractivity contribution in [2.75, 3.05) is 78.5 Å². The summed E-state index contributed by atoms with van der Waals surface area (Å²) in [6, 6.07) is 0. The molecule has 0 aromatic carbocycles. The van der Waals surface area contributed by atoms with Gasteiger partial charge in [0.05, 0.1) is 0 Å². The maximum Gasteiger partial charge on any atom is 0.380 e. The molecule has 1 spiro atoms. The Bertz CT molecular complexity index is 1130. The van der Waals surface area contributed by atoms with E-state index in [1.807, 2.05) is 0 Å². The fourth-order valence-electron chi connectivity index (χ4n) is 6.41. The molecule has 0 aromatic heterocycles. The van der Waals surface area contributed by atoms with Gasteiger partial charge in [0.15, 0.2) is 0 Å². The van der Waals surface area contributed by atoms with Crippen LogP contribution >= 0.6 is 22.7 Å². The van der Waals surface area contributed by atoms with Gasteiger partial charge in [-0.1, -0.05) is 44.6 Å². The van der Waals surface area contributed by atoms with Crippen LogP contribution in [0.3, 0.4) is 0 Å². The molecule has 0 amide bonds. The SMILES string of the molecule is CCN(CC)P1(ON2CCCC2)=NP2(=NP(ON3CCCC3)(ON3CCCC3)=N1)N(CC)CCN2CC1=CC=CC1. The molecule has 15 heteroatoms. The predicted octanol–water partition coefficient (Wildman–Crippen LogP) is 6.79. The van der Waals surface area contributed by atoms with Crippen LogP contribution in [0.4, 0.5) is 0 Å². The lowest BCUT2D eigenvalue weighted by Gasteiger charge is -2.43. The van der Waals surface area contributed by atoms with Crippen molar-refractivity contribution in [2.24, 2.45) is 13.5 Å². The molecule has 232 valence electrons. The summed E-state index contributed by atoms with van der Waals surface area (Å²) in [4.78, 5) is 0. The topological polar surface area (TPSA) is 84.2 Å². The highest BCUT2D eigenvalue weighted by Gasteiger charge is 2.52. The number of hydroxylamine groups is 6. The van der Waals surface area contributed by atoms with E-state index in [0.29, 0.717) is 0 Å². The quantitative estimate of drug-likeness (QED) is 0.217. The number of likely N-dealkylation sites (N-methyl/N-ethyl adjacent to an activating group) is 1. The molecule has 2 atom stereocenters. The van der Waals surface area contributed by atoms with Gasteiger partial charge in [-0.3, -0.25) is 0 Å². The van der Waals surface area contributed by atoms with Crippen molar-refractivity contribution in [1.82, 2.24) is 29.2 Å².